The first-order valence-corrected chi connectivity index (χ1v) is 8.99. The number of piperidine rings is 1. The van der Waals surface area contributed by atoms with Crippen LogP contribution in [0.25, 0.3) is 0 Å². The molecule has 0 unspecified atom stereocenters. The second-order valence-electron chi connectivity index (χ2n) is 6.44. The fraction of sp³-hybridized carbons (Fsp3) is 0.647. The van der Waals surface area contributed by atoms with E-state index in [0.717, 1.165) is 12.8 Å². The summed E-state index contributed by atoms with van der Waals surface area (Å²) in [5.41, 5.74) is -0.174. The molecule has 2 atom stereocenters. The van der Waals surface area contributed by atoms with Gasteiger partial charge in [0.15, 0.2) is 5.78 Å². The number of thiophene rings is 1. The molecule has 1 saturated heterocycles. The summed E-state index contributed by atoms with van der Waals surface area (Å²) in [4.78, 5) is 27.0. The lowest BCUT2D eigenvalue weighted by atomic mass is 9.58. The summed E-state index contributed by atoms with van der Waals surface area (Å²) in [7, 11) is 0. The molecule has 1 aromatic heterocycles. The molecule has 0 aromatic carbocycles. The van der Waals surface area contributed by atoms with Crippen LogP contribution >= 0.6 is 11.3 Å². The number of amides is 1. The Morgan fingerprint density at radius 1 is 1.35 bits per heavy atom. The molecule has 23 heavy (non-hydrogen) atoms. The van der Waals surface area contributed by atoms with E-state index in [1.807, 2.05) is 11.8 Å². The minimum atomic E-state index is -0.317. The van der Waals surface area contributed by atoms with Crippen molar-refractivity contribution in [2.45, 2.75) is 45.3 Å². The predicted molar refractivity (Wildman–Crippen MR) is 87.9 cm³/mol. The molecule has 6 heteroatoms. The molecule has 2 heterocycles. The van der Waals surface area contributed by atoms with Gasteiger partial charge in [-0.05, 0) is 38.8 Å². The first-order valence-electron chi connectivity index (χ1n) is 8.17. The van der Waals surface area contributed by atoms with E-state index < -0.39 is 0 Å². The van der Waals surface area contributed by atoms with Crippen LogP contribution in [0.3, 0.4) is 0 Å². The molecule has 2 aliphatic rings. The molecule has 1 aromatic rings. The monoisotopic (exact) mass is 337 g/mol. The number of ether oxygens (including phenoxy) is 1. The molecule has 1 N–H and O–H groups in total. The Labute approximate surface area is 140 Å². The average molecular weight is 337 g/mol. The van der Waals surface area contributed by atoms with E-state index >= 15 is 0 Å². The highest BCUT2D eigenvalue weighted by atomic mass is 32.1. The van der Waals surface area contributed by atoms with Gasteiger partial charge in [0.2, 0.25) is 0 Å². The Bertz CT molecular complexity index is 601. The molecule has 1 spiro atoms. The zero-order valence-corrected chi connectivity index (χ0v) is 14.4. The van der Waals surface area contributed by atoms with E-state index in [-0.39, 0.29) is 29.3 Å². The van der Waals surface area contributed by atoms with Gasteiger partial charge in [-0.25, -0.2) is 0 Å². The Balaban J connectivity index is 1.64. The summed E-state index contributed by atoms with van der Waals surface area (Å²) in [6, 6.07) is 3.45. The molecule has 2 fully saturated rings. The highest BCUT2D eigenvalue weighted by molar-refractivity contribution is 7.15. The summed E-state index contributed by atoms with van der Waals surface area (Å²) < 4.78 is 5.75. The number of hydrogen-bond donors (Lipinski definition) is 1. The smallest absolute Gasteiger partial charge is 0.263 e. The van der Waals surface area contributed by atoms with Crippen molar-refractivity contribution in [3.63, 3.8) is 0 Å². The van der Waals surface area contributed by atoms with Crippen LogP contribution in [0.2, 0.25) is 0 Å². The van der Waals surface area contributed by atoms with Crippen LogP contribution in [0.5, 0.6) is 0 Å². The molecule has 0 radical (unpaired) electrons. The molecule has 1 aliphatic heterocycles. The second-order valence-corrected chi connectivity index (χ2v) is 7.52. The molecule has 1 amide bonds. The van der Waals surface area contributed by atoms with E-state index in [4.69, 9.17) is 4.74 Å². The fourth-order valence-corrected chi connectivity index (χ4v) is 4.61. The average Bonchev–Trinajstić information content (AvgIpc) is 3.04. The van der Waals surface area contributed by atoms with Crippen molar-refractivity contribution in [3.05, 3.63) is 21.9 Å². The van der Waals surface area contributed by atoms with E-state index in [2.05, 4.69) is 0 Å². The first-order chi connectivity index (χ1) is 11.0. The van der Waals surface area contributed by atoms with E-state index in [1.165, 1.54) is 18.3 Å². The van der Waals surface area contributed by atoms with Gasteiger partial charge in [-0.15, -0.1) is 11.3 Å². The lowest BCUT2D eigenvalue weighted by molar-refractivity contribution is -0.207. The van der Waals surface area contributed by atoms with Crippen molar-refractivity contribution in [1.82, 2.24) is 4.90 Å². The molecule has 3 rings (SSSR count). The van der Waals surface area contributed by atoms with E-state index in [9.17, 15) is 14.7 Å². The van der Waals surface area contributed by atoms with Crippen LogP contribution in [-0.4, -0.2) is 53.6 Å². The van der Waals surface area contributed by atoms with Gasteiger partial charge in [-0.3, -0.25) is 9.59 Å². The zero-order chi connectivity index (χ0) is 16.6. The largest absolute Gasteiger partial charge is 0.392 e. The maximum atomic E-state index is 12.6. The van der Waals surface area contributed by atoms with Crippen LogP contribution in [0.4, 0.5) is 0 Å². The van der Waals surface area contributed by atoms with Crippen LogP contribution in [0.1, 0.15) is 52.5 Å². The van der Waals surface area contributed by atoms with Crippen molar-refractivity contribution in [2.75, 3.05) is 19.7 Å². The van der Waals surface area contributed by atoms with Gasteiger partial charge in [0.05, 0.1) is 22.0 Å². The predicted octanol–water partition coefficient (Wildman–Crippen LogP) is 2.34. The normalized spacial score (nSPS) is 26.1. The highest BCUT2D eigenvalue weighted by Gasteiger charge is 2.56. The number of nitrogens with zero attached hydrogens (tertiary/aromatic N) is 1. The van der Waals surface area contributed by atoms with E-state index in [1.54, 1.807) is 12.1 Å². The summed E-state index contributed by atoms with van der Waals surface area (Å²) in [6.45, 7) is 5.40. The van der Waals surface area contributed by atoms with Gasteiger partial charge >= 0.3 is 0 Å². The molecule has 126 valence electrons. The number of Topliss-reactive ketones (excluding diaryl/α,β-unsaturated/α-hetero) is 1. The molecule has 0 bridgehead atoms. The van der Waals surface area contributed by atoms with Crippen LogP contribution in [0.15, 0.2) is 12.1 Å². The number of carbonyl (C=O) groups is 2. The topological polar surface area (TPSA) is 66.8 Å². The standard InChI is InChI=1S/C17H23NO4S/c1-3-22-15-10-14(20)17(15)6-8-18(9-7-17)16(21)13-5-4-12(23-13)11(2)19/h4-5,14-15,20H,3,6-10H2,1-2H3/t14-,15+/m0/s1. The van der Waals surface area contributed by atoms with Crippen molar-refractivity contribution in [1.29, 1.82) is 0 Å². The number of rotatable bonds is 4. The van der Waals surface area contributed by atoms with Crippen LogP contribution in [-0.2, 0) is 4.74 Å². The van der Waals surface area contributed by atoms with Crippen molar-refractivity contribution in [2.24, 2.45) is 5.41 Å². The quantitative estimate of drug-likeness (QED) is 0.857. The van der Waals surface area contributed by atoms with Gasteiger partial charge in [-0.1, -0.05) is 0 Å². The van der Waals surface area contributed by atoms with E-state index in [0.29, 0.717) is 35.9 Å². The summed E-state index contributed by atoms with van der Waals surface area (Å²) >= 11 is 1.26. The Kier molecular flexibility index (Phi) is 4.58. The van der Waals surface area contributed by atoms with Gasteiger partial charge in [-0.2, -0.15) is 0 Å². The van der Waals surface area contributed by atoms with Crippen LogP contribution in [0, 0.1) is 5.41 Å². The Morgan fingerprint density at radius 2 is 2.00 bits per heavy atom. The minimum absolute atomic E-state index is 0.0104. The van der Waals surface area contributed by atoms with Crippen molar-refractivity contribution in [3.8, 4) is 0 Å². The summed E-state index contributed by atoms with van der Waals surface area (Å²) in [6.07, 6.45) is 2.05. The third-order valence-corrected chi connectivity index (χ3v) is 6.43. The summed E-state index contributed by atoms with van der Waals surface area (Å²) in [5, 5.41) is 10.2. The lowest BCUT2D eigenvalue weighted by Crippen LogP contribution is -2.62. The maximum Gasteiger partial charge on any atom is 0.263 e. The van der Waals surface area contributed by atoms with Crippen molar-refractivity contribution >= 4 is 23.0 Å². The second kappa shape index (κ2) is 6.34. The molecular formula is C17H23NO4S. The third-order valence-electron chi connectivity index (χ3n) is 5.26. The summed E-state index contributed by atoms with van der Waals surface area (Å²) in [5.74, 6) is -0.0251. The number of aliphatic hydroxyl groups excluding tert-OH is 1. The fourth-order valence-electron chi connectivity index (χ4n) is 3.74. The first kappa shape index (κ1) is 16.6. The maximum absolute atomic E-state index is 12.6. The number of ketones is 1. The molecule has 1 aliphatic carbocycles. The van der Waals surface area contributed by atoms with Gasteiger partial charge in [0.25, 0.3) is 5.91 Å². The number of carbonyl (C=O) groups excluding carboxylic acids is 2. The SMILES string of the molecule is CCO[C@@H]1C[C@H](O)C12CCN(C(=O)c1ccc(C(C)=O)s1)CC2. The number of aliphatic hydroxyl groups is 1. The molecular weight excluding hydrogens is 314 g/mol. The third kappa shape index (κ3) is 2.84. The highest BCUT2D eigenvalue weighted by Crippen LogP contribution is 2.51. The Morgan fingerprint density at radius 3 is 2.52 bits per heavy atom. The zero-order valence-electron chi connectivity index (χ0n) is 13.6. The van der Waals surface area contributed by atoms with Gasteiger partial charge in [0, 0.05) is 31.5 Å². The Hall–Kier alpha value is -1.24. The molecule has 5 nitrogen and oxygen atoms in total. The minimum Gasteiger partial charge on any atom is -0.392 e. The number of likely N-dealkylation sites (tertiary alicyclic amines) is 1. The number of hydrogen-bond acceptors (Lipinski definition) is 5. The van der Waals surface area contributed by atoms with Gasteiger partial charge in [0.1, 0.15) is 0 Å². The van der Waals surface area contributed by atoms with Crippen molar-refractivity contribution < 1.29 is 19.4 Å². The molecule has 1 saturated carbocycles. The van der Waals surface area contributed by atoms with Gasteiger partial charge < -0.3 is 14.7 Å². The van der Waals surface area contributed by atoms with Crippen LogP contribution < -0.4 is 0 Å². The lowest BCUT2D eigenvalue weighted by Gasteiger charge is -2.56.